The Labute approximate surface area is 116 Å². The van der Waals surface area contributed by atoms with Crippen LogP contribution in [0.1, 0.15) is 44.2 Å². The van der Waals surface area contributed by atoms with Gasteiger partial charge < -0.3 is 5.32 Å². The molecule has 0 bridgehead atoms. The average molecular weight is 264 g/mol. The Kier molecular flexibility index (Phi) is 5.34. The summed E-state index contributed by atoms with van der Waals surface area (Å²) in [6, 6.07) is 7.88. The van der Waals surface area contributed by atoms with Gasteiger partial charge in [-0.1, -0.05) is 31.5 Å². The highest BCUT2D eigenvalue weighted by Crippen LogP contribution is 2.25. The van der Waals surface area contributed by atoms with E-state index in [2.05, 4.69) is 24.2 Å². The highest BCUT2D eigenvalue weighted by Gasteiger charge is 2.22. The third-order valence-electron chi connectivity index (χ3n) is 4.10. The van der Waals surface area contributed by atoms with Crippen LogP contribution in [0.15, 0.2) is 24.3 Å². The first-order valence-corrected chi connectivity index (χ1v) is 7.40. The summed E-state index contributed by atoms with van der Waals surface area (Å²) in [5, 5.41) is 3.56. The van der Waals surface area contributed by atoms with E-state index in [1.54, 1.807) is 12.1 Å². The summed E-state index contributed by atoms with van der Waals surface area (Å²) in [6.45, 7) is 4.24. The fourth-order valence-corrected chi connectivity index (χ4v) is 3.07. The summed E-state index contributed by atoms with van der Waals surface area (Å²) in [5.41, 5.74) is 0.823. The maximum absolute atomic E-state index is 13.9. The Bertz CT molecular complexity index is 388. The molecular weight excluding hydrogens is 239 g/mol. The van der Waals surface area contributed by atoms with Crippen LogP contribution in [0.3, 0.4) is 0 Å². The molecule has 1 N–H and O–H groups in total. The van der Waals surface area contributed by atoms with Crippen LogP contribution in [0.5, 0.6) is 0 Å². The highest BCUT2D eigenvalue weighted by atomic mass is 19.1. The lowest BCUT2D eigenvalue weighted by molar-refractivity contribution is 0.195. The van der Waals surface area contributed by atoms with Crippen LogP contribution >= 0.6 is 0 Å². The molecule has 0 spiro atoms. The largest absolute Gasteiger partial charge is 0.313 e. The van der Waals surface area contributed by atoms with Crippen molar-refractivity contribution >= 4 is 0 Å². The van der Waals surface area contributed by atoms with Gasteiger partial charge >= 0.3 is 0 Å². The molecular formula is C16H25FN2. The third-order valence-corrected chi connectivity index (χ3v) is 4.10. The minimum absolute atomic E-state index is 0.0854. The molecule has 1 aromatic rings. The Morgan fingerprint density at radius 1 is 1.37 bits per heavy atom. The van der Waals surface area contributed by atoms with Crippen LogP contribution in [-0.2, 0) is 0 Å². The number of nitrogens with zero attached hydrogens (tertiary/aromatic N) is 1. The molecule has 2 nitrogen and oxygen atoms in total. The number of benzene rings is 1. The number of nitrogens with one attached hydrogen (secondary N) is 1. The maximum atomic E-state index is 13.9. The van der Waals surface area contributed by atoms with Gasteiger partial charge in [0.05, 0.1) is 0 Å². The van der Waals surface area contributed by atoms with Crippen LogP contribution in [0.25, 0.3) is 0 Å². The predicted molar refractivity (Wildman–Crippen MR) is 77.7 cm³/mol. The van der Waals surface area contributed by atoms with Gasteiger partial charge in [0.25, 0.3) is 0 Å². The quantitative estimate of drug-likeness (QED) is 0.877. The Hall–Kier alpha value is -0.930. The van der Waals surface area contributed by atoms with Gasteiger partial charge in [0.15, 0.2) is 0 Å². The van der Waals surface area contributed by atoms with Crippen LogP contribution in [0, 0.1) is 5.82 Å². The average Bonchev–Trinajstić information content (AvgIpc) is 2.43. The zero-order chi connectivity index (χ0) is 13.7. The van der Waals surface area contributed by atoms with E-state index in [9.17, 15) is 4.39 Å². The van der Waals surface area contributed by atoms with E-state index in [-0.39, 0.29) is 11.9 Å². The first-order chi connectivity index (χ1) is 9.22. The monoisotopic (exact) mass is 264 g/mol. The van der Waals surface area contributed by atoms with E-state index >= 15 is 0 Å². The van der Waals surface area contributed by atoms with E-state index in [0.29, 0.717) is 6.04 Å². The molecule has 1 fully saturated rings. The summed E-state index contributed by atoms with van der Waals surface area (Å²) >= 11 is 0. The number of likely N-dealkylation sites (N-methyl/N-ethyl adjacent to an activating group) is 1. The number of hydrogen-bond donors (Lipinski definition) is 1. The van der Waals surface area contributed by atoms with E-state index in [0.717, 1.165) is 25.1 Å². The normalized spacial score (nSPS) is 21.6. The van der Waals surface area contributed by atoms with Gasteiger partial charge in [0, 0.05) is 24.2 Å². The van der Waals surface area contributed by atoms with Crippen molar-refractivity contribution in [2.75, 3.05) is 20.1 Å². The number of piperidine rings is 1. The molecule has 106 valence electrons. The molecule has 0 radical (unpaired) electrons. The second kappa shape index (κ2) is 7.01. The third kappa shape index (κ3) is 3.77. The van der Waals surface area contributed by atoms with Crippen LogP contribution < -0.4 is 5.32 Å². The summed E-state index contributed by atoms with van der Waals surface area (Å²) in [7, 11) is 2.11. The molecule has 1 aromatic carbocycles. The molecule has 2 atom stereocenters. The lowest BCUT2D eigenvalue weighted by Gasteiger charge is -2.33. The number of hydrogen-bond acceptors (Lipinski definition) is 2. The number of halogens is 1. The molecule has 1 aliphatic heterocycles. The first-order valence-electron chi connectivity index (χ1n) is 7.40. The first kappa shape index (κ1) is 14.5. The molecule has 1 heterocycles. The molecule has 2 rings (SSSR count). The Balaban J connectivity index is 2.02. The van der Waals surface area contributed by atoms with Crippen molar-refractivity contribution in [3.63, 3.8) is 0 Å². The molecule has 1 saturated heterocycles. The van der Waals surface area contributed by atoms with Crippen molar-refractivity contribution < 1.29 is 4.39 Å². The summed E-state index contributed by atoms with van der Waals surface area (Å²) in [5.74, 6) is -0.0854. The van der Waals surface area contributed by atoms with Gasteiger partial charge in [-0.3, -0.25) is 4.90 Å². The highest BCUT2D eigenvalue weighted by molar-refractivity contribution is 5.21. The minimum atomic E-state index is -0.0854. The minimum Gasteiger partial charge on any atom is -0.313 e. The van der Waals surface area contributed by atoms with Crippen molar-refractivity contribution in [2.45, 2.75) is 44.7 Å². The van der Waals surface area contributed by atoms with Gasteiger partial charge in [-0.05, 0) is 38.9 Å². The van der Waals surface area contributed by atoms with E-state index < -0.39 is 0 Å². The Morgan fingerprint density at radius 3 is 2.79 bits per heavy atom. The van der Waals surface area contributed by atoms with Gasteiger partial charge in [-0.25, -0.2) is 4.39 Å². The second-order valence-electron chi connectivity index (χ2n) is 5.53. The topological polar surface area (TPSA) is 15.3 Å². The fraction of sp³-hybridized carbons (Fsp3) is 0.625. The van der Waals surface area contributed by atoms with E-state index in [1.807, 2.05) is 12.1 Å². The molecule has 19 heavy (non-hydrogen) atoms. The van der Waals surface area contributed by atoms with Crippen molar-refractivity contribution in [1.29, 1.82) is 0 Å². The van der Waals surface area contributed by atoms with Crippen molar-refractivity contribution in [3.8, 4) is 0 Å². The SMILES string of the molecule is CCC(c1ccccc1F)N(C)CC1CCCCN1. The summed E-state index contributed by atoms with van der Waals surface area (Å²) in [6.07, 6.45) is 4.76. The molecule has 1 aliphatic rings. The maximum Gasteiger partial charge on any atom is 0.127 e. The molecule has 0 aromatic heterocycles. The molecule has 0 aliphatic carbocycles. The number of rotatable bonds is 5. The van der Waals surface area contributed by atoms with Gasteiger partial charge in [0.2, 0.25) is 0 Å². The fourth-order valence-electron chi connectivity index (χ4n) is 3.07. The molecule has 3 heteroatoms. The summed E-state index contributed by atoms with van der Waals surface area (Å²) < 4.78 is 13.9. The second-order valence-corrected chi connectivity index (χ2v) is 5.53. The smallest absolute Gasteiger partial charge is 0.127 e. The van der Waals surface area contributed by atoms with Crippen LogP contribution in [0.2, 0.25) is 0 Å². The van der Waals surface area contributed by atoms with E-state index in [4.69, 9.17) is 0 Å². The predicted octanol–water partition coefficient (Wildman–Crippen LogP) is 3.35. The zero-order valence-corrected chi connectivity index (χ0v) is 12.0. The van der Waals surface area contributed by atoms with Gasteiger partial charge in [0.1, 0.15) is 5.82 Å². The Morgan fingerprint density at radius 2 is 2.16 bits per heavy atom. The van der Waals surface area contributed by atoms with Gasteiger partial charge in [-0.15, -0.1) is 0 Å². The van der Waals surface area contributed by atoms with Crippen molar-refractivity contribution in [3.05, 3.63) is 35.6 Å². The van der Waals surface area contributed by atoms with E-state index in [1.165, 1.54) is 19.3 Å². The van der Waals surface area contributed by atoms with Crippen LogP contribution in [-0.4, -0.2) is 31.1 Å². The molecule has 2 unspecified atom stereocenters. The standard InChI is InChI=1S/C16H25FN2/c1-3-16(14-9-4-5-10-15(14)17)19(2)12-13-8-6-7-11-18-13/h4-5,9-10,13,16,18H,3,6-8,11-12H2,1-2H3. The summed E-state index contributed by atoms with van der Waals surface area (Å²) in [4.78, 5) is 2.29. The molecule has 0 amide bonds. The van der Waals surface area contributed by atoms with Crippen LogP contribution in [0.4, 0.5) is 4.39 Å². The zero-order valence-electron chi connectivity index (χ0n) is 12.0. The lowest BCUT2D eigenvalue weighted by Crippen LogP contribution is -2.43. The van der Waals surface area contributed by atoms with Gasteiger partial charge in [-0.2, -0.15) is 0 Å². The van der Waals surface area contributed by atoms with Crippen molar-refractivity contribution in [1.82, 2.24) is 10.2 Å². The lowest BCUT2D eigenvalue weighted by atomic mass is 10.00. The van der Waals surface area contributed by atoms with Crippen molar-refractivity contribution in [2.24, 2.45) is 0 Å². The molecule has 0 saturated carbocycles.